The van der Waals surface area contributed by atoms with E-state index in [1.807, 2.05) is 48.5 Å². The molecule has 0 aromatic heterocycles. The molecular formula is C20H24N2O3. The lowest BCUT2D eigenvalue weighted by Crippen LogP contribution is -2.37. The second kappa shape index (κ2) is 8.53. The quantitative estimate of drug-likeness (QED) is 0.848. The van der Waals surface area contributed by atoms with Crippen molar-refractivity contribution in [2.75, 3.05) is 20.2 Å². The first-order valence-corrected chi connectivity index (χ1v) is 8.64. The fourth-order valence-corrected chi connectivity index (χ4v) is 2.92. The number of amides is 1. The van der Waals surface area contributed by atoms with Gasteiger partial charge in [-0.25, -0.2) is 0 Å². The number of ether oxygens (including phenoxy) is 2. The number of methoxy groups -OCH3 is 1. The summed E-state index contributed by atoms with van der Waals surface area (Å²) in [6, 6.07) is 15.3. The molecule has 1 heterocycles. The van der Waals surface area contributed by atoms with Crippen LogP contribution in [-0.2, 0) is 11.3 Å². The Hall–Kier alpha value is -2.53. The molecule has 0 saturated carbocycles. The zero-order valence-electron chi connectivity index (χ0n) is 14.5. The standard InChI is InChI=1S/C20H24N2O3/c1-24-18-4-2-3-5-19(18)25-17-8-6-15(7-9-17)14-22-20(23)16-10-12-21-13-11-16/h2-9,16,21H,10-14H2,1H3,(H,22,23). The Bertz CT molecular complexity index is 694. The van der Waals surface area contributed by atoms with Crippen LogP contribution < -0.4 is 20.1 Å². The maximum absolute atomic E-state index is 12.2. The van der Waals surface area contributed by atoms with Crippen LogP contribution in [-0.4, -0.2) is 26.1 Å². The van der Waals surface area contributed by atoms with E-state index in [9.17, 15) is 4.79 Å². The normalized spacial score (nSPS) is 14.8. The van der Waals surface area contributed by atoms with Gasteiger partial charge in [-0.2, -0.15) is 0 Å². The maximum Gasteiger partial charge on any atom is 0.223 e. The van der Waals surface area contributed by atoms with Crippen molar-refractivity contribution in [3.8, 4) is 17.2 Å². The molecule has 0 unspecified atom stereocenters. The van der Waals surface area contributed by atoms with Crippen molar-refractivity contribution < 1.29 is 14.3 Å². The van der Waals surface area contributed by atoms with Crippen molar-refractivity contribution in [1.82, 2.24) is 10.6 Å². The summed E-state index contributed by atoms with van der Waals surface area (Å²) in [4.78, 5) is 12.2. The second-order valence-electron chi connectivity index (χ2n) is 6.14. The Balaban J connectivity index is 1.54. The average molecular weight is 340 g/mol. The molecule has 3 rings (SSSR count). The van der Waals surface area contributed by atoms with Crippen molar-refractivity contribution in [2.45, 2.75) is 19.4 Å². The number of rotatable bonds is 6. The van der Waals surface area contributed by atoms with Gasteiger partial charge in [-0.1, -0.05) is 24.3 Å². The number of carbonyl (C=O) groups excluding carboxylic acids is 1. The molecule has 2 aromatic rings. The van der Waals surface area contributed by atoms with Crippen LogP contribution in [0.3, 0.4) is 0 Å². The first-order chi connectivity index (χ1) is 12.3. The molecule has 2 aromatic carbocycles. The van der Waals surface area contributed by atoms with Crippen molar-refractivity contribution in [3.63, 3.8) is 0 Å². The molecule has 0 bridgehead atoms. The highest BCUT2D eigenvalue weighted by atomic mass is 16.5. The molecule has 1 saturated heterocycles. The van der Waals surface area contributed by atoms with E-state index in [0.717, 1.165) is 37.2 Å². The van der Waals surface area contributed by atoms with E-state index in [2.05, 4.69) is 10.6 Å². The van der Waals surface area contributed by atoms with E-state index in [1.54, 1.807) is 7.11 Å². The Labute approximate surface area is 148 Å². The molecule has 25 heavy (non-hydrogen) atoms. The van der Waals surface area contributed by atoms with Gasteiger partial charge in [0.05, 0.1) is 7.11 Å². The van der Waals surface area contributed by atoms with E-state index in [1.165, 1.54) is 0 Å². The van der Waals surface area contributed by atoms with Crippen molar-refractivity contribution in [1.29, 1.82) is 0 Å². The molecular weight excluding hydrogens is 316 g/mol. The third-order valence-corrected chi connectivity index (χ3v) is 4.40. The van der Waals surface area contributed by atoms with Crippen LogP contribution >= 0.6 is 0 Å². The van der Waals surface area contributed by atoms with Gasteiger partial charge >= 0.3 is 0 Å². The summed E-state index contributed by atoms with van der Waals surface area (Å²) in [6.45, 7) is 2.39. The maximum atomic E-state index is 12.2. The Morgan fingerprint density at radius 1 is 1.08 bits per heavy atom. The summed E-state index contributed by atoms with van der Waals surface area (Å²) in [5, 5.41) is 6.30. The van der Waals surface area contributed by atoms with Crippen LogP contribution in [0.25, 0.3) is 0 Å². The summed E-state index contributed by atoms with van der Waals surface area (Å²) in [5.41, 5.74) is 1.05. The second-order valence-corrected chi connectivity index (χ2v) is 6.14. The number of hydrogen-bond acceptors (Lipinski definition) is 4. The van der Waals surface area contributed by atoms with Crippen LogP contribution in [0.1, 0.15) is 18.4 Å². The smallest absolute Gasteiger partial charge is 0.223 e. The molecule has 0 radical (unpaired) electrons. The van der Waals surface area contributed by atoms with Gasteiger partial charge in [0.25, 0.3) is 0 Å². The number of benzene rings is 2. The topological polar surface area (TPSA) is 59.6 Å². The van der Waals surface area contributed by atoms with E-state index in [-0.39, 0.29) is 11.8 Å². The molecule has 5 heteroatoms. The molecule has 0 atom stereocenters. The highest BCUT2D eigenvalue weighted by Gasteiger charge is 2.20. The lowest BCUT2D eigenvalue weighted by Gasteiger charge is -2.21. The van der Waals surface area contributed by atoms with Crippen LogP contribution in [0.2, 0.25) is 0 Å². The van der Waals surface area contributed by atoms with E-state index >= 15 is 0 Å². The molecule has 1 fully saturated rings. The molecule has 1 amide bonds. The minimum Gasteiger partial charge on any atom is -0.493 e. The van der Waals surface area contributed by atoms with E-state index in [4.69, 9.17) is 9.47 Å². The predicted molar refractivity (Wildman–Crippen MR) is 97.0 cm³/mol. The Morgan fingerprint density at radius 2 is 1.76 bits per heavy atom. The zero-order chi connectivity index (χ0) is 17.5. The van der Waals surface area contributed by atoms with Crippen LogP contribution in [0, 0.1) is 5.92 Å². The fraction of sp³-hybridized carbons (Fsp3) is 0.350. The van der Waals surface area contributed by atoms with E-state index < -0.39 is 0 Å². The van der Waals surface area contributed by atoms with Crippen molar-refractivity contribution >= 4 is 5.91 Å². The first kappa shape index (κ1) is 17.3. The molecule has 0 aliphatic carbocycles. The Kier molecular flexibility index (Phi) is 5.90. The predicted octanol–water partition coefficient (Wildman–Crippen LogP) is 3.10. The van der Waals surface area contributed by atoms with Gasteiger partial charge in [-0.3, -0.25) is 4.79 Å². The zero-order valence-corrected chi connectivity index (χ0v) is 14.5. The molecule has 0 spiro atoms. The number of nitrogens with one attached hydrogen (secondary N) is 2. The van der Waals surface area contributed by atoms with Gasteiger partial charge in [-0.05, 0) is 55.8 Å². The summed E-state index contributed by atoms with van der Waals surface area (Å²) in [5.74, 6) is 2.39. The Morgan fingerprint density at radius 3 is 2.44 bits per heavy atom. The number of carbonyl (C=O) groups is 1. The van der Waals surface area contributed by atoms with Gasteiger partial charge in [0.1, 0.15) is 5.75 Å². The fourth-order valence-electron chi connectivity index (χ4n) is 2.92. The highest BCUT2D eigenvalue weighted by Crippen LogP contribution is 2.30. The molecule has 5 nitrogen and oxygen atoms in total. The third-order valence-electron chi connectivity index (χ3n) is 4.40. The molecule has 1 aliphatic rings. The summed E-state index contributed by atoms with van der Waals surface area (Å²) >= 11 is 0. The number of para-hydroxylation sites is 2. The lowest BCUT2D eigenvalue weighted by atomic mass is 9.97. The number of piperidine rings is 1. The van der Waals surface area contributed by atoms with Crippen LogP contribution in [0.15, 0.2) is 48.5 Å². The molecule has 2 N–H and O–H groups in total. The molecule has 132 valence electrons. The SMILES string of the molecule is COc1ccccc1Oc1ccc(CNC(=O)C2CCNCC2)cc1. The van der Waals surface area contributed by atoms with Gasteiger partial charge in [0, 0.05) is 12.5 Å². The van der Waals surface area contributed by atoms with Crippen molar-refractivity contribution in [3.05, 3.63) is 54.1 Å². The summed E-state index contributed by atoms with van der Waals surface area (Å²) < 4.78 is 11.1. The minimum absolute atomic E-state index is 0.134. The van der Waals surface area contributed by atoms with Crippen LogP contribution in [0.5, 0.6) is 17.2 Å². The van der Waals surface area contributed by atoms with Gasteiger partial charge in [0.2, 0.25) is 5.91 Å². The number of hydrogen-bond donors (Lipinski definition) is 2. The lowest BCUT2D eigenvalue weighted by molar-refractivity contribution is -0.125. The largest absolute Gasteiger partial charge is 0.493 e. The first-order valence-electron chi connectivity index (χ1n) is 8.64. The van der Waals surface area contributed by atoms with Gasteiger partial charge in [0.15, 0.2) is 11.5 Å². The highest BCUT2D eigenvalue weighted by molar-refractivity contribution is 5.78. The third kappa shape index (κ3) is 4.73. The summed E-state index contributed by atoms with van der Waals surface area (Å²) in [7, 11) is 1.62. The monoisotopic (exact) mass is 340 g/mol. The molecule has 1 aliphatic heterocycles. The summed E-state index contributed by atoms with van der Waals surface area (Å²) in [6.07, 6.45) is 1.83. The van der Waals surface area contributed by atoms with E-state index in [0.29, 0.717) is 18.0 Å². The minimum atomic E-state index is 0.134. The average Bonchev–Trinajstić information content (AvgIpc) is 2.68. The van der Waals surface area contributed by atoms with Gasteiger partial charge < -0.3 is 20.1 Å². The van der Waals surface area contributed by atoms with Crippen LogP contribution in [0.4, 0.5) is 0 Å². The van der Waals surface area contributed by atoms with Gasteiger partial charge in [-0.15, -0.1) is 0 Å². The van der Waals surface area contributed by atoms with Crippen molar-refractivity contribution in [2.24, 2.45) is 5.92 Å².